The second-order valence-corrected chi connectivity index (χ2v) is 3.77. The first kappa shape index (κ1) is 14.3. The zero-order valence-corrected chi connectivity index (χ0v) is 9.66. The lowest BCUT2D eigenvalue weighted by Gasteiger charge is -2.21. The maximum atomic E-state index is 11.5. The van der Waals surface area contributed by atoms with E-state index in [1.807, 2.05) is 13.8 Å². The second-order valence-electron chi connectivity index (χ2n) is 3.77. The lowest BCUT2D eigenvalue weighted by atomic mass is 10.2. The van der Waals surface area contributed by atoms with E-state index in [2.05, 4.69) is 10.6 Å². The number of aliphatic hydroxyl groups is 2. The summed E-state index contributed by atoms with van der Waals surface area (Å²) in [6.45, 7) is 5.26. The molecule has 0 heterocycles. The van der Waals surface area contributed by atoms with Crippen LogP contribution in [0.5, 0.6) is 0 Å². The molecule has 5 heteroatoms. The van der Waals surface area contributed by atoms with Gasteiger partial charge in [0.2, 0.25) is 5.91 Å². The normalized spacial score (nSPS) is 15.1. The monoisotopic (exact) mass is 218 g/mol. The summed E-state index contributed by atoms with van der Waals surface area (Å²) in [5.41, 5.74) is 0. The fourth-order valence-corrected chi connectivity index (χ4v) is 1.06. The van der Waals surface area contributed by atoms with Crippen LogP contribution in [0.25, 0.3) is 0 Å². The van der Waals surface area contributed by atoms with Crippen molar-refractivity contribution >= 4 is 5.91 Å². The van der Waals surface area contributed by atoms with Gasteiger partial charge in [0.25, 0.3) is 0 Å². The van der Waals surface area contributed by atoms with E-state index in [4.69, 9.17) is 10.2 Å². The van der Waals surface area contributed by atoms with E-state index in [1.165, 1.54) is 0 Å². The third-order valence-electron chi connectivity index (χ3n) is 2.32. The van der Waals surface area contributed by atoms with Crippen molar-refractivity contribution in [2.75, 3.05) is 13.2 Å². The van der Waals surface area contributed by atoms with Crippen molar-refractivity contribution in [1.82, 2.24) is 10.6 Å². The number of aliphatic hydroxyl groups excluding tert-OH is 2. The fraction of sp³-hybridized carbons (Fsp3) is 0.900. The molecular weight excluding hydrogens is 196 g/mol. The lowest BCUT2D eigenvalue weighted by molar-refractivity contribution is -0.123. The van der Waals surface area contributed by atoms with Crippen LogP contribution in [0.1, 0.15) is 27.2 Å². The van der Waals surface area contributed by atoms with Gasteiger partial charge >= 0.3 is 0 Å². The van der Waals surface area contributed by atoms with E-state index in [1.54, 1.807) is 6.92 Å². The molecule has 90 valence electrons. The number of rotatable bonds is 7. The number of nitrogens with one attached hydrogen (secondary N) is 2. The van der Waals surface area contributed by atoms with Gasteiger partial charge in [-0.3, -0.25) is 10.1 Å². The molecule has 0 rings (SSSR count). The number of hydrogen-bond acceptors (Lipinski definition) is 4. The van der Waals surface area contributed by atoms with Gasteiger partial charge < -0.3 is 15.5 Å². The van der Waals surface area contributed by atoms with Crippen LogP contribution in [-0.4, -0.2) is 47.5 Å². The van der Waals surface area contributed by atoms with Crippen molar-refractivity contribution in [1.29, 1.82) is 0 Å². The van der Waals surface area contributed by atoms with Gasteiger partial charge in [0.1, 0.15) is 0 Å². The van der Waals surface area contributed by atoms with E-state index in [9.17, 15) is 4.79 Å². The number of hydrogen-bond donors (Lipinski definition) is 4. The number of carbonyl (C=O) groups is 1. The SMILES string of the molecule is CCC(C)NC(=O)C(C)NC(CO)CO. The summed E-state index contributed by atoms with van der Waals surface area (Å²) in [5.74, 6) is -0.115. The quantitative estimate of drug-likeness (QED) is 0.452. The highest BCUT2D eigenvalue weighted by molar-refractivity contribution is 5.81. The Hall–Kier alpha value is -0.650. The minimum atomic E-state index is -0.442. The van der Waals surface area contributed by atoms with Crippen LogP contribution >= 0.6 is 0 Å². The molecule has 5 nitrogen and oxygen atoms in total. The zero-order valence-electron chi connectivity index (χ0n) is 9.66. The van der Waals surface area contributed by atoms with Crippen LogP contribution in [0.15, 0.2) is 0 Å². The van der Waals surface area contributed by atoms with E-state index in [-0.39, 0.29) is 25.2 Å². The van der Waals surface area contributed by atoms with Crippen molar-refractivity contribution in [2.45, 2.75) is 45.3 Å². The summed E-state index contributed by atoms with van der Waals surface area (Å²) >= 11 is 0. The molecule has 0 aliphatic heterocycles. The van der Waals surface area contributed by atoms with Gasteiger partial charge in [-0.1, -0.05) is 6.92 Å². The second kappa shape index (κ2) is 7.62. The molecule has 2 unspecified atom stereocenters. The van der Waals surface area contributed by atoms with E-state index in [0.717, 1.165) is 6.42 Å². The first-order valence-electron chi connectivity index (χ1n) is 5.33. The molecule has 0 fully saturated rings. The molecule has 0 aromatic heterocycles. The highest BCUT2D eigenvalue weighted by Crippen LogP contribution is 1.92. The Kier molecular flexibility index (Phi) is 7.29. The molecule has 15 heavy (non-hydrogen) atoms. The zero-order chi connectivity index (χ0) is 11.8. The van der Waals surface area contributed by atoms with Gasteiger partial charge in [-0.25, -0.2) is 0 Å². The van der Waals surface area contributed by atoms with Crippen LogP contribution in [0, 0.1) is 0 Å². The molecule has 2 atom stereocenters. The third kappa shape index (κ3) is 5.71. The van der Waals surface area contributed by atoms with Gasteiger partial charge in [0.05, 0.1) is 25.3 Å². The summed E-state index contributed by atoms with van der Waals surface area (Å²) < 4.78 is 0. The Morgan fingerprint density at radius 2 is 1.80 bits per heavy atom. The topological polar surface area (TPSA) is 81.6 Å². The van der Waals surface area contributed by atoms with Crippen molar-refractivity contribution in [3.05, 3.63) is 0 Å². The van der Waals surface area contributed by atoms with Crippen LogP contribution in [0.2, 0.25) is 0 Å². The highest BCUT2D eigenvalue weighted by atomic mass is 16.3. The molecule has 0 aliphatic carbocycles. The van der Waals surface area contributed by atoms with Gasteiger partial charge in [-0.05, 0) is 20.3 Å². The molecule has 0 aromatic carbocycles. The Morgan fingerprint density at radius 1 is 1.27 bits per heavy atom. The predicted octanol–water partition coefficient (Wildman–Crippen LogP) is -0.768. The summed E-state index contributed by atoms with van der Waals surface area (Å²) in [5, 5.41) is 23.3. The Morgan fingerprint density at radius 3 is 2.20 bits per heavy atom. The summed E-state index contributed by atoms with van der Waals surface area (Å²) in [6.07, 6.45) is 0.877. The molecule has 0 aliphatic rings. The Labute approximate surface area is 90.9 Å². The maximum Gasteiger partial charge on any atom is 0.237 e. The smallest absolute Gasteiger partial charge is 0.237 e. The third-order valence-corrected chi connectivity index (χ3v) is 2.32. The Balaban J connectivity index is 3.97. The van der Waals surface area contributed by atoms with Gasteiger partial charge in [0.15, 0.2) is 0 Å². The Bertz CT molecular complexity index is 184. The van der Waals surface area contributed by atoms with Crippen LogP contribution in [0.4, 0.5) is 0 Å². The van der Waals surface area contributed by atoms with E-state index < -0.39 is 12.1 Å². The van der Waals surface area contributed by atoms with Crippen molar-refractivity contribution in [2.24, 2.45) is 0 Å². The lowest BCUT2D eigenvalue weighted by Crippen LogP contribution is -2.50. The first-order valence-corrected chi connectivity index (χ1v) is 5.33. The summed E-state index contributed by atoms with van der Waals surface area (Å²) in [6, 6.07) is -0.713. The van der Waals surface area contributed by atoms with Crippen molar-refractivity contribution in [3.8, 4) is 0 Å². The number of carbonyl (C=O) groups excluding carboxylic acids is 1. The largest absolute Gasteiger partial charge is 0.395 e. The number of amides is 1. The van der Waals surface area contributed by atoms with E-state index >= 15 is 0 Å². The van der Waals surface area contributed by atoms with Gasteiger partial charge in [-0.15, -0.1) is 0 Å². The van der Waals surface area contributed by atoms with Crippen molar-refractivity contribution in [3.63, 3.8) is 0 Å². The molecule has 1 amide bonds. The molecule has 0 saturated carbocycles. The first-order chi connectivity index (χ1) is 7.04. The molecule has 0 bridgehead atoms. The molecule has 4 N–H and O–H groups in total. The van der Waals surface area contributed by atoms with Gasteiger partial charge in [-0.2, -0.15) is 0 Å². The molecule has 0 saturated heterocycles. The van der Waals surface area contributed by atoms with E-state index in [0.29, 0.717) is 0 Å². The van der Waals surface area contributed by atoms with Crippen LogP contribution < -0.4 is 10.6 Å². The highest BCUT2D eigenvalue weighted by Gasteiger charge is 2.17. The average molecular weight is 218 g/mol. The minimum Gasteiger partial charge on any atom is -0.395 e. The van der Waals surface area contributed by atoms with Gasteiger partial charge in [0, 0.05) is 6.04 Å². The minimum absolute atomic E-state index is 0.115. The fourth-order valence-electron chi connectivity index (χ4n) is 1.06. The standard InChI is InChI=1S/C10H22N2O3/c1-4-7(2)11-10(15)8(3)12-9(5-13)6-14/h7-9,12-14H,4-6H2,1-3H3,(H,11,15). The molecule has 0 radical (unpaired) electrons. The average Bonchev–Trinajstić information content (AvgIpc) is 2.24. The molecule has 0 spiro atoms. The maximum absolute atomic E-state index is 11.5. The van der Waals surface area contributed by atoms with Crippen LogP contribution in [-0.2, 0) is 4.79 Å². The predicted molar refractivity (Wildman–Crippen MR) is 58.5 cm³/mol. The van der Waals surface area contributed by atoms with Crippen molar-refractivity contribution < 1.29 is 15.0 Å². The molecule has 0 aromatic rings. The summed E-state index contributed by atoms with van der Waals surface area (Å²) in [7, 11) is 0. The molecular formula is C10H22N2O3. The van der Waals surface area contributed by atoms with Crippen LogP contribution in [0.3, 0.4) is 0 Å². The summed E-state index contributed by atoms with van der Waals surface area (Å²) in [4.78, 5) is 11.5.